The van der Waals surface area contributed by atoms with Gasteiger partial charge in [0.15, 0.2) is 0 Å². The third-order valence-corrected chi connectivity index (χ3v) is 4.55. The molecule has 1 saturated carbocycles. The molecule has 4 heteroatoms. The average molecular weight is 245 g/mol. The van der Waals surface area contributed by atoms with E-state index in [0.717, 1.165) is 10.6 Å². The lowest BCUT2D eigenvalue weighted by atomic mass is 9.67. The number of hydrogen-bond donors (Lipinski definition) is 1. The van der Waals surface area contributed by atoms with Crippen LogP contribution in [0.5, 0.6) is 0 Å². The summed E-state index contributed by atoms with van der Waals surface area (Å²) in [6.07, 6.45) is 7.28. The van der Waals surface area contributed by atoms with Crippen LogP contribution in [0.2, 0.25) is 0 Å². The van der Waals surface area contributed by atoms with Crippen molar-refractivity contribution in [2.75, 3.05) is 6.54 Å². The van der Waals surface area contributed by atoms with Crippen molar-refractivity contribution in [1.29, 1.82) is 0 Å². The van der Waals surface area contributed by atoms with Gasteiger partial charge in [0.2, 0.25) is 0 Å². The van der Waals surface area contributed by atoms with Crippen LogP contribution in [0.1, 0.15) is 25.0 Å². The summed E-state index contributed by atoms with van der Waals surface area (Å²) in [6, 6.07) is 3.99. The van der Waals surface area contributed by atoms with Gasteiger partial charge in [-0.3, -0.25) is 4.98 Å². The van der Waals surface area contributed by atoms with Crippen LogP contribution in [0.3, 0.4) is 0 Å². The molecule has 0 aliphatic heterocycles. The van der Waals surface area contributed by atoms with Gasteiger partial charge in [0.05, 0.1) is 5.69 Å². The molecule has 2 N–H and O–H groups in total. The van der Waals surface area contributed by atoms with Gasteiger partial charge >= 0.3 is 0 Å². The second kappa shape index (κ2) is 4.20. The zero-order valence-corrected chi connectivity index (χ0v) is 10.4. The summed E-state index contributed by atoms with van der Waals surface area (Å²) in [4.78, 5) is 8.87. The Labute approximate surface area is 105 Å². The van der Waals surface area contributed by atoms with Crippen LogP contribution >= 0.6 is 11.3 Å². The quantitative estimate of drug-likeness (QED) is 0.904. The van der Waals surface area contributed by atoms with Gasteiger partial charge in [0.25, 0.3) is 0 Å². The molecule has 0 amide bonds. The van der Waals surface area contributed by atoms with Crippen LogP contribution in [-0.4, -0.2) is 16.5 Å². The second-order valence-corrected chi connectivity index (χ2v) is 5.48. The molecule has 1 aliphatic carbocycles. The van der Waals surface area contributed by atoms with Gasteiger partial charge in [0, 0.05) is 35.3 Å². The van der Waals surface area contributed by atoms with E-state index < -0.39 is 0 Å². The Hall–Kier alpha value is -1.26. The summed E-state index contributed by atoms with van der Waals surface area (Å²) in [5.41, 5.74) is 8.33. The average Bonchev–Trinajstić information content (AvgIpc) is 2.80. The Kier molecular flexibility index (Phi) is 2.68. The predicted molar refractivity (Wildman–Crippen MR) is 69.9 cm³/mol. The van der Waals surface area contributed by atoms with E-state index in [9.17, 15) is 0 Å². The summed E-state index contributed by atoms with van der Waals surface area (Å²) in [6.45, 7) is 0.712. The highest BCUT2D eigenvalue weighted by molar-refractivity contribution is 7.13. The number of thiazole rings is 1. The lowest BCUT2D eigenvalue weighted by Crippen LogP contribution is -2.41. The van der Waals surface area contributed by atoms with Gasteiger partial charge in [-0.25, -0.2) is 4.98 Å². The Balaban J connectivity index is 1.93. The Morgan fingerprint density at radius 1 is 1.41 bits per heavy atom. The van der Waals surface area contributed by atoms with Crippen molar-refractivity contribution in [1.82, 2.24) is 9.97 Å². The summed E-state index contributed by atoms with van der Waals surface area (Å²) in [5, 5.41) is 3.21. The van der Waals surface area contributed by atoms with Crippen LogP contribution in [-0.2, 0) is 5.41 Å². The molecule has 1 fully saturated rings. The maximum atomic E-state index is 5.90. The standard InChI is InChI=1S/C13H15N3S/c14-9-13(4-2-5-13)11-8-17-12(16-11)10-3-1-6-15-7-10/h1,3,6-8H,2,4-5,9,14H2. The summed E-state index contributed by atoms with van der Waals surface area (Å²) in [7, 11) is 0. The minimum absolute atomic E-state index is 0.164. The van der Waals surface area contributed by atoms with E-state index in [1.165, 1.54) is 25.0 Å². The highest BCUT2D eigenvalue weighted by atomic mass is 32.1. The molecular formula is C13H15N3S. The maximum absolute atomic E-state index is 5.90. The largest absolute Gasteiger partial charge is 0.330 e. The van der Waals surface area contributed by atoms with Crippen molar-refractivity contribution < 1.29 is 0 Å². The summed E-state index contributed by atoms with van der Waals surface area (Å²) >= 11 is 1.69. The van der Waals surface area contributed by atoms with E-state index in [2.05, 4.69) is 10.4 Å². The molecule has 2 aromatic rings. The van der Waals surface area contributed by atoms with Crippen molar-refractivity contribution in [3.63, 3.8) is 0 Å². The molecule has 0 saturated heterocycles. The fourth-order valence-corrected chi connectivity index (χ4v) is 3.24. The molecule has 3 nitrogen and oxygen atoms in total. The van der Waals surface area contributed by atoms with Crippen molar-refractivity contribution in [2.45, 2.75) is 24.7 Å². The lowest BCUT2D eigenvalue weighted by Gasteiger charge is -2.39. The van der Waals surface area contributed by atoms with Crippen LogP contribution < -0.4 is 5.73 Å². The first-order chi connectivity index (χ1) is 8.34. The Morgan fingerprint density at radius 2 is 2.29 bits per heavy atom. The van der Waals surface area contributed by atoms with Crippen LogP contribution in [0.25, 0.3) is 10.6 Å². The molecule has 3 rings (SSSR count). The Morgan fingerprint density at radius 3 is 2.88 bits per heavy atom. The molecule has 88 valence electrons. The SMILES string of the molecule is NCC1(c2csc(-c3cccnc3)n2)CCC1. The van der Waals surface area contributed by atoms with E-state index in [1.807, 2.05) is 18.3 Å². The highest BCUT2D eigenvalue weighted by Gasteiger charge is 2.39. The maximum Gasteiger partial charge on any atom is 0.125 e. The van der Waals surface area contributed by atoms with Crippen LogP contribution in [0.4, 0.5) is 0 Å². The second-order valence-electron chi connectivity index (χ2n) is 4.62. The van der Waals surface area contributed by atoms with E-state index in [4.69, 9.17) is 10.7 Å². The molecule has 0 aromatic carbocycles. The third kappa shape index (κ3) is 1.77. The zero-order valence-electron chi connectivity index (χ0n) is 9.60. The molecule has 0 spiro atoms. The van der Waals surface area contributed by atoms with Gasteiger partial charge in [-0.05, 0) is 25.0 Å². The highest BCUT2D eigenvalue weighted by Crippen LogP contribution is 2.43. The third-order valence-electron chi connectivity index (χ3n) is 3.66. The molecular weight excluding hydrogens is 230 g/mol. The van der Waals surface area contributed by atoms with Gasteiger partial charge in [0.1, 0.15) is 5.01 Å². The van der Waals surface area contributed by atoms with Gasteiger partial charge < -0.3 is 5.73 Å². The smallest absolute Gasteiger partial charge is 0.125 e. The molecule has 2 aromatic heterocycles. The number of pyridine rings is 1. The van der Waals surface area contributed by atoms with E-state index in [0.29, 0.717) is 6.54 Å². The molecule has 2 heterocycles. The van der Waals surface area contributed by atoms with Crippen molar-refractivity contribution in [2.24, 2.45) is 5.73 Å². The predicted octanol–water partition coefficient (Wildman–Crippen LogP) is 2.59. The lowest BCUT2D eigenvalue weighted by molar-refractivity contribution is 0.247. The monoisotopic (exact) mass is 245 g/mol. The molecule has 0 radical (unpaired) electrons. The normalized spacial score (nSPS) is 17.7. The first kappa shape index (κ1) is 10.9. The van der Waals surface area contributed by atoms with Gasteiger partial charge in [-0.15, -0.1) is 11.3 Å². The molecule has 0 bridgehead atoms. The first-order valence-electron chi connectivity index (χ1n) is 5.91. The van der Waals surface area contributed by atoms with E-state index in [1.54, 1.807) is 17.5 Å². The minimum atomic E-state index is 0.164. The van der Waals surface area contributed by atoms with Gasteiger partial charge in [-0.2, -0.15) is 0 Å². The minimum Gasteiger partial charge on any atom is -0.330 e. The Bertz CT molecular complexity index is 497. The van der Waals surface area contributed by atoms with Gasteiger partial charge in [-0.1, -0.05) is 6.42 Å². The molecule has 17 heavy (non-hydrogen) atoms. The number of rotatable bonds is 3. The zero-order chi connectivity index (χ0) is 11.7. The van der Waals surface area contributed by atoms with Crippen molar-refractivity contribution in [3.05, 3.63) is 35.6 Å². The number of nitrogens with two attached hydrogens (primary N) is 1. The first-order valence-corrected chi connectivity index (χ1v) is 6.78. The van der Waals surface area contributed by atoms with Crippen LogP contribution in [0, 0.1) is 0 Å². The van der Waals surface area contributed by atoms with Crippen LogP contribution in [0.15, 0.2) is 29.9 Å². The molecule has 1 aliphatic rings. The summed E-state index contributed by atoms with van der Waals surface area (Å²) < 4.78 is 0. The van der Waals surface area contributed by atoms with E-state index in [-0.39, 0.29) is 5.41 Å². The molecule has 0 atom stereocenters. The fourth-order valence-electron chi connectivity index (χ4n) is 2.31. The number of aromatic nitrogens is 2. The fraction of sp³-hybridized carbons (Fsp3) is 0.385. The molecule has 0 unspecified atom stereocenters. The topological polar surface area (TPSA) is 51.8 Å². The van der Waals surface area contributed by atoms with Crippen molar-refractivity contribution in [3.8, 4) is 10.6 Å². The number of nitrogens with zero attached hydrogens (tertiary/aromatic N) is 2. The van der Waals surface area contributed by atoms with Crippen molar-refractivity contribution >= 4 is 11.3 Å². The summed E-state index contributed by atoms with van der Waals surface area (Å²) in [5.74, 6) is 0. The number of hydrogen-bond acceptors (Lipinski definition) is 4. The van der Waals surface area contributed by atoms with E-state index >= 15 is 0 Å².